The van der Waals surface area contributed by atoms with Gasteiger partial charge in [-0.1, -0.05) is 28.9 Å². The highest BCUT2D eigenvalue weighted by Crippen LogP contribution is 2.25. The van der Waals surface area contributed by atoms with Crippen molar-refractivity contribution in [2.75, 3.05) is 5.75 Å². The molecule has 2 aromatic rings. The SMILES string of the molecule is NC(CCSCc1nc(-c2ccccc2Cl)no1)C(=O)O. The van der Waals surface area contributed by atoms with Crippen molar-refractivity contribution in [3.63, 3.8) is 0 Å². The maximum absolute atomic E-state index is 10.6. The highest BCUT2D eigenvalue weighted by Gasteiger charge is 2.13. The summed E-state index contributed by atoms with van der Waals surface area (Å²) in [5, 5.41) is 13.1. The molecule has 6 nitrogen and oxygen atoms in total. The molecular weight excluding hydrogens is 314 g/mol. The third-order valence-corrected chi connectivity index (χ3v) is 4.00. The molecule has 3 N–H and O–H groups in total. The second kappa shape index (κ2) is 7.44. The van der Waals surface area contributed by atoms with E-state index in [0.717, 1.165) is 0 Å². The molecule has 2 rings (SSSR count). The van der Waals surface area contributed by atoms with Gasteiger partial charge in [0.1, 0.15) is 6.04 Å². The minimum absolute atomic E-state index is 0.394. The number of carboxylic acids is 1. The molecule has 112 valence electrons. The number of benzene rings is 1. The summed E-state index contributed by atoms with van der Waals surface area (Å²) in [4.78, 5) is 14.8. The monoisotopic (exact) mass is 327 g/mol. The second-order valence-electron chi connectivity index (χ2n) is 4.28. The minimum atomic E-state index is -0.991. The maximum atomic E-state index is 10.6. The van der Waals surface area contributed by atoms with E-state index in [4.69, 9.17) is 27.0 Å². The van der Waals surface area contributed by atoms with E-state index in [0.29, 0.717) is 40.2 Å². The first-order valence-electron chi connectivity index (χ1n) is 6.21. The van der Waals surface area contributed by atoms with Crippen LogP contribution in [-0.4, -0.2) is 33.0 Å². The van der Waals surface area contributed by atoms with Crippen LogP contribution in [0, 0.1) is 0 Å². The van der Waals surface area contributed by atoms with Crippen LogP contribution >= 0.6 is 23.4 Å². The number of carbonyl (C=O) groups is 1. The first-order valence-corrected chi connectivity index (χ1v) is 7.75. The van der Waals surface area contributed by atoms with Gasteiger partial charge in [0.05, 0.1) is 10.8 Å². The zero-order valence-electron chi connectivity index (χ0n) is 11.0. The molecule has 0 spiro atoms. The Bertz CT molecular complexity index is 620. The summed E-state index contributed by atoms with van der Waals surface area (Å²) in [5.41, 5.74) is 6.13. The van der Waals surface area contributed by atoms with Crippen molar-refractivity contribution in [3.8, 4) is 11.4 Å². The van der Waals surface area contributed by atoms with Crippen molar-refractivity contribution in [3.05, 3.63) is 35.2 Å². The lowest BCUT2D eigenvalue weighted by molar-refractivity contribution is -0.138. The Morgan fingerprint density at radius 3 is 2.95 bits per heavy atom. The molecule has 0 amide bonds. The molecule has 1 unspecified atom stereocenters. The third-order valence-electron chi connectivity index (χ3n) is 2.70. The Balaban J connectivity index is 1.87. The van der Waals surface area contributed by atoms with Gasteiger partial charge in [-0.05, 0) is 24.3 Å². The average Bonchev–Trinajstić information content (AvgIpc) is 2.92. The summed E-state index contributed by atoms with van der Waals surface area (Å²) in [6, 6.07) is 6.41. The first-order chi connectivity index (χ1) is 10.1. The number of rotatable bonds is 7. The summed E-state index contributed by atoms with van der Waals surface area (Å²) in [7, 11) is 0. The zero-order valence-corrected chi connectivity index (χ0v) is 12.6. The molecule has 8 heteroatoms. The molecule has 0 fully saturated rings. The molecule has 1 aromatic carbocycles. The second-order valence-corrected chi connectivity index (χ2v) is 5.79. The Kier molecular flexibility index (Phi) is 5.60. The van der Waals surface area contributed by atoms with Gasteiger partial charge in [-0.2, -0.15) is 16.7 Å². The van der Waals surface area contributed by atoms with E-state index in [1.807, 2.05) is 18.2 Å². The third kappa shape index (κ3) is 4.45. The molecule has 1 aromatic heterocycles. The molecule has 0 bridgehead atoms. The van der Waals surface area contributed by atoms with Gasteiger partial charge in [0, 0.05) is 5.56 Å². The minimum Gasteiger partial charge on any atom is -0.480 e. The molecule has 0 aliphatic carbocycles. The van der Waals surface area contributed by atoms with Crippen molar-refractivity contribution in [1.82, 2.24) is 10.1 Å². The molecule has 21 heavy (non-hydrogen) atoms. The highest BCUT2D eigenvalue weighted by atomic mass is 35.5. The van der Waals surface area contributed by atoms with Gasteiger partial charge >= 0.3 is 5.97 Å². The molecule has 0 saturated carbocycles. The molecular formula is C13H14ClN3O3S. The number of halogens is 1. The fraction of sp³-hybridized carbons (Fsp3) is 0.308. The maximum Gasteiger partial charge on any atom is 0.320 e. The van der Waals surface area contributed by atoms with Crippen molar-refractivity contribution >= 4 is 29.3 Å². The van der Waals surface area contributed by atoms with E-state index in [2.05, 4.69) is 10.1 Å². The molecule has 1 atom stereocenters. The quantitative estimate of drug-likeness (QED) is 0.753. The highest BCUT2D eigenvalue weighted by molar-refractivity contribution is 7.98. The fourth-order valence-electron chi connectivity index (χ4n) is 1.56. The van der Waals surface area contributed by atoms with Crippen molar-refractivity contribution in [1.29, 1.82) is 0 Å². The Morgan fingerprint density at radius 1 is 1.48 bits per heavy atom. The lowest BCUT2D eigenvalue weighted by Crippen LogP contribution is -2.30. The van der Waals surface area contributed by atoms with Crippen LogP contribution in [0.4, 0.5) is 0 Å². The normalized spacial score (nSPS) is 12.3. The Labute approximate surface area is 130 Å². The molecule has 0 aliphatic rings. The van der Waals surface area contributed by atoms with Crippen LogP contribution in [0.5, 0.6) is 0 Å². The summed E-state index contributed by atoms with van der Waals surface area (Å²) in [6.45, 7) is 0. The van der Waals surface area contributed by atoms with Crippen molar-refractivity contribution < 1.29 is 14.4 Å². The van der Waals surface area contributed by atoms with Gasteiger partial charge in [0.15, 0.2) is 0 Å². The van der Waals surface area contributed by atoms with Crippen LogP contribution in [-0.2, 0) is 10.5 Å². The summed E-state index contributed by atoms with van der Waals surface area (Å²) >= 11 is 7.56. The molecule has 1 heterocycles. The fourth-order valence-corrected chi connectivity index (χ4v) is 2.64. The number of carboxylic acid groups (broad SMARTS) is 1. The predicted molar refractivity (Wildman–Crippen MR) is 81.1 cm³/mol. The van der Waals surface area contributed by atoms with Crippen LogP contribution in [0.3, 0.4) is 0 Å². The average molecular weight is 328 g/mol. The standard InChI is InChI=1S/C13H14ClN3O3S/c14-9-4-2-1-3-8(9)12-16-11(20-17-12)7-21-6-5-10(15)13(18)19/h1-4,10H,5-7,15H2,(H,18,19). The van der Waals surface area contributed by atoms with Gasteiger partial charge < -0.3 is 15.4 Å². The van der Waals surface area contributed by atoms with Crippen LogP contribution in [0.25, 0.3) is 11.4 Å². The lowest BCUT2D eigenvalue weighted by Gasteiger charge is -2.04. The Morgan fingerprint density at radius 2 is 2.24 bits per heavy atom. The van der Waals surface area contributed by atoms with Gasteiger partial charge in [-0.15, -0.1) is 0 Å². The van der Waals surface area contributed by atoms with Crippen LogP contribution in [0.1, 0.15) is 12.3 Å². The zero-order chi connectivity index (χ0) is 15.2. The number of aromatic nitrogens is 2. The van der Waals surface area contributed by atoms with Crippen LogP contribution in [0.15, 0.2) is 28.8 Å². The topological polar surface area (TPSA) is 102 Å². The van der Waals surface area contributed by atoms with Gasteiger partial charge in [-0.25, -0.2) is 0 Å². The Hall–Kier alpha value is -1.57. The van der Waals surface area contributed by atoms with Gasteiger partial charge in [0.2, 0.25) is 11.7 Å². The van der Waals surface area contributed by atoms with Crippen LogP contribution < -0.4 is 5.73 Å². The van der Waals surface area contributed by atoms with Gasteiger partial charge in [0.25, 0.3) is 0 Å². The van der Waals surface area contributed by atoms with Crippen LogP contribution in [0.2, 0.25) is 5.02 Å². The summed E-state index contributed by atoms with van der Waals surface area (Å²) < 4.78 is 5.14. The van der Waals surface area contributed by atoms with E-state index in [-0.39, 0.29) is 0 Å². The van der Waals surface area contributed by atoms with E-state index in [1.165, 1.54) is 11.8 Å². The number of nitrogens with two attached hydrogens (primary N) is 1. The number of nitrogens with zero attached hydrogens (tertiary/aromatic N) is 2. The van der Waals surface area contributed by atoms with Crippen molar-refractivity contribution in [2.45, 2.75) is 18.2 Å². The first kappa shape index (κ1) is 15.8. The van der Waals surface area contributed by atoms with E-state index in [1.54, 1.807) is 6.07 Å². The number of hydrogen-bond acceptors (Lipinski definition) is 6. The lowest BCUT2D eigenvalue weighted by atomic mass is 10.2. The van der Waals surface area contributed by atoms with Gasteiger partial charge in [-0.3, -0.25) is 4.79 Å². The summed E-state index contributed by atoms with van der Waals surface area (Å²) in [5.74, 6) is 1.03. The molecule has 0 saturated heterocycles. The number of hydrogen-bond donors (Lipinski definition) is 2. The predicted octanol–water partition coefficient (Wildman–Crippen LogP) is 2.43. The molecule has 0 aliphatic heterocycles. The molecule has 0 radical (unpaired) electrons. The number of thioether (sulfide) groups is 1. The van der Waals surface area contributed by atoms with E-state index >= 15 is 0 Å². The number of aliphatic carboxylic acids is 1. The smallest absolute Gasteiger partial charge is 0.320 e. The van der Waals surface area contributed by atoms with E-state index < -0.39 is 12.0 Å². The summed E-state index contributed by atoms with van der Waals surface area (Å²) in [6.07, 6.45) is 0.394. The van der Waals surface area contributed by atoms with E-state index in [9.17, 15) is 4.79 Å². The van der Waals surface area contributed by atoms with Crippen molar-refractivity contribution in [2.24, 2.45) is 5.73 Å². The largest absolute Gasteiger partial charge is 0.480 e.